The molecular weight excluding hydrogens is 681 g/mol. The van der Waals surface area contributed by atoms with E-state index in [4.69, 9.17) is 9.97 Å². The molecule has 3 aromatic heterocycles. The van der Waals surface area contributed by atoms with Crippen molar-refractivity contribution in [3.63, 3.8) is 0 Å². The molecule has 8 bridgehead atoms. The van der Waals surface area contributed by atoms with Crippen molar-refractivity contribution in [2.75, 3.05) is 0 Å². The van der Waals surface area contributed by atoms with E-state index in [1.807, 2.05) is 0 Å². The highest BCUT2D eigenvalue weighted by Crippen LogP contribution is 2.43. The normalized spacial score (nSPS) is 12.0. The first kappa shape index (κ1) is 36.2. The van der Waals surface area contributed by atoms with Crippen LogP contribution in [0.15, 0.2) is 109 Å². The maximum Gasteiger partial charge on any atom is 0.0769 e. The van der Waals surface area contributed by atoms with Crippen LogP contribution in [0.5, 0.6) is 0 Å². The third kappa shape index (κ3) is 6.84. The van der Waals surface area contributed by atoms with Crippen LogP contribution in [0, 0.1) is 0 Å². The molecule has 0 saturated carbocycles. The van der Waals surface area contributed by atoms with Crippen LogP contribution in [-0.2, 0) is 12.8 Å². The molecule has 0 atom stereocenters. The predicted octanol–water partition coefficient (Wildman–Crippen LogP) is 15.1. The Morgan fingerprint density at radius 2 is 0.750 bits per heavy atom. The highest BCUT2D eigenvalue weighted by molar-refractivity contribution is 6.11. The van der Waals surface area contributed by atoms with Crippen molar-refractivity contribution in [1.82, 2.24) is 19.9 Å². The van der Waals surface area contributed by atoms with Gasteiger partial charge in [-0.05, 0) is 37.8 Å². The molecule has 7 aromatic rings. The van der Waals surface area contributed by atoms with Gasteiger partial charge in [0.2, 0.25) is 0 Å². The summed E-state index contributed by atoms with van der Waals surface area (Å²) in [6, 6.07) is 40.1. The summed E-state index contributed by atoms with van der Waals surface area (Å²) in [5.74, 6) is 0. The standard InChI is InChI=1S/C52H54N4/c1-3-5-7-9-11-13-31-43-49-39-27-19-15-23-35(39)45(53-49)33-47-37-25-17-21-29-41(37)51(55-47)44(32-14-12-10-8-6-4-2)52-42-30-22-18-26-38(42)48(56-52)34-46-36-24-16-20-28-40(36)50(43)54-46/h15-30,33-34,53,56H,3-14,31-32H2,1-2H3. The Kier molecular flexibility index (Phi) is 10.5. The van der Waals surface area contributed by atoms with E-state index in [0.717, 1.165) is 59.5 Å². The molecule has 2 N–H and O–H groups in total. The molecule has 0 aliphatic carbocycles. The highest BCUT2D eigenvalue weighted by Gasteiger charge is 2.24. The van der Waals surface area contributed by atoms with Crippen LogP contribution in [0.3, 0.4) is 0 Å². The van der Waals surface area contributed by atoms with E-state index in [1.165, 1.54) is 130 Å². The van der Waals surface area contributed by atoms with Crippen molar-refractivity contribution in [2.45, 2.75) is 104 Å². The number of benzene rings is 4. The van der Waals surface area contributed by atoms with E-state index in [0.29, 0.717) is 0 Å². The Morgan fingerprint density at radius 3 is 1.18 bits per heavy atom. The van der Waals surface area contributed by atoms with Crippen LogP contribution >= 0.6 is 0 Å². The Hall–Kier alpha value is -5.48. The quantitative estimate of drug-likeness (QED) is 0.109. The molecule has 56 heavy (non-hydrogen) atoms. The summed E-state index contributed by atoms with van der Waals surface area (Å²) >= 11 is 0. The van der Waals surface area contributed by atoms with Gasteiger partial charge in [-0.3, -0.25) is 0 Å². The van der Waals surface area contributed by atoms with Crippen molar-refractivity contribution in [3.8, 4) is 45.0 Å². The molecule has 4 aromatic carbocycles. The first-order valence-electron chi connectivity index (χ1n) is 21.5. The molecule has 0 saturated heterocycles. The van der Waals surface area contributed by atoms with Crippen molar-refractivity contribution in [3.05, 3.63) is 120 Å². The van der Waals surface area contributed by atoms with E-state index < -0.39 is 0 Å². The van der Waals surface area contributed by atoms with E-state index in [1.54, 1.807) is 0 Å². The Morgan fingerprint density at radius 1 is 0.393 bits per heavy atom. The number of rotatable bonds is 14. The minimum atomic E-state index is 0.963. The summed E-state index contributed by atoms with van der Waals surface area (Å²) in [5.41, 5.74) is 16.2. The van der Waals surface area contributed by atoms with Crippen molar-refractivity contribution in [1.29, 1.82) is 0 Å². The van der Waals surface area contributed by atoms with Gasteiger partial charge >= 0.3 is 0 Å². The molecular formula is C52H54N4. The molecule has 0 unspecified atom stereocenters. The lowest BCUT2D eigenvalue weighted by Crippen LogP contribution is -1.92. The molecule has 0 radical (unpaired) electrons. The van der Waals surface area contributed by atoms with E-state index in [9.17, 15) is 0 Å². The van der Waals surface area contributed by atoms with Crippen LogP contribution in [0.1, 0.15) is 102 Å². The van der Waals surface area contributed by atoms with Crippen molar-refractivity contribution in [2.24, 2.45) is 0 Å². The Balaban J connectivity index is 1.37. The molecule has 282 valence electrons. The Labute approximate surface area is 331 Å². The van der Waals surface area contributed by atoms with E-state index in [2.05, 4.69) is 133 Å². The summed E-state index contributed by atoms with van der Waals surface area (Å²) in [6.45, 7) is 4.58. The SMILES string of the molecule is CCCCCCCCc1c2nc(cc3[nH]c(c(CCCCCCCC)c4nc(cc5[nH]c1c1ccccc51)-c1ccccc1-4)c1ccccc31)-c1ccccc1-2. The maximum absolute atomic E-state index is 5.61. The largest absolute Gasteiger partial charge is 0.354 e. The zero-order valence-electron chi connectivity index (χ0n) is 33.2. The van der Waals surface area contributed by atoms with Crippen LogP contribution in [0.25, 0.3) is 88.6 Å². The third-order valence-corrected chi connectivity index (χ3v) is 12.2. The van der Waals surface area contributed by atoms with Crippen LogP contribution in [-0.4, -0.2) is 19.9 Å². The summed E-state index contributed by atoms with van der Waals surface area (Å²) < 4.78 is 0. The number of aromatic nitrogens is 4. The van der Waals surface area contributed by atoms with Gasteiger partial charge in [0, 0.05) is 66.0 Å². The van der Waals surface area contributed by atoms with Gasteiger partial charge in [-0.2, -0.15) is 0 Å². The molecule has 9 rings (SSSR count). The number of unbranched alkanes of at least 4 members (excludes halogenated alkanes) is 10. The lowest BCUT2D eigenvalue weighted by atomic mass is 9.97. The summed E-state index contributed by atoms with van der Waals surface area (Å²) in [4.78, 5) is 19.2. The predicted molar refractivity (Wildman–Crippen MR) is 239 cm³/mol. The number of nitrogens with zero attached hydrogens (tertiary/aromatic N) is 2. The zero-order chi connectivity index (χ0) is 37.8. The number of nitrogens with one attached hydrogen (secondary N) is 2. The fourth-order valence-electron chi connectivity index (χ4n) is 9.26. The van der Waals surface area contributed by atoms with Crippen LogP contribution < -0.4 is 0 Å². The molecule has 5 heterocycles. The molecule has 2 aliphatic heterocycles. The third-order valence-electron chi connectivity index (χ3n) is 12.2. The first-order valence-corrected chi connectivity index (χ1v) is 21.5. The smallest absolute Gasteiger partial charge is 0.0769 e. The second kappa shape index (κ2) is 16.3. The lowest BCUT2D eigenvalue weighted by molar-refractivity contribution is 0.608. The van der Waals surface area contributed by atoms with Gasteiger partial charge in [0.15, 0.2) is 0 Å². The summed E-state index contributed by atoms with van der Waals surface area (Å²) in [6.07, 6.45) is 16.9. The maximum atomic E-state index is 5.61. The fraction of sp³-hybridized carbons (Fsp3) is 0.308. The number of hydrogen-bond acceptors (Lipinski definition) is 2. The van der Waals surface area contributed by atoms with Gasteiger partial charge < -0.3 is 9.97 Å². The number of hydrogen-bond donors (Lipinski definition) is 2. The molecule has 0 fully saturated rings. The monoisotopic (exact) mass is 734 g/mol. The van der Waals surface area contributed by atoms with Gasteiger partial charge in [-0.1, -0.05) is 175 Å². The summed E-state index contributed by atoms with van der Waals surface area (Å²) in [5, 5.41) is 4.93. The van der Waals surface area contributed by atoms with Crippen molar-refractivity contribution >= 4 is 43.6 Å². The zero-order valence-corrected chi connectivity index (χ0v) is 33.2. The van der Waals surface area contributed by atoms with E-state index in [-0.39, 0.29) is 0 Å². The van der Waals surface area contributed by atoms with Gasteiger partial charge in [0.1, 0.15) is 0 Å². The molecule has 0 amide bonds. The minimum Gasteiger partial charge on any atom is -0.354 e. The van der Waals surface area contributed by atoms with Gasteiger partial charge in [-0.15, -0.1) is 0 Å². The van der Waals surface area contributed by atoms with Gasteiger partial charge in [-0.25, -0.2) is 9.97 Å². The van der Waals surface area contributed by atoms with Crippen LogP contribution in [0.2, 0.25) is 0 Å². The second-order valence-electron chi connectivity index (χ2n) is 16.0. The van der Waals surface area contributed by atoms with Crippen molar-refractivity contribution < 1.29 is 0 Å². The van der Waals surface area contributed by atoms with Gasteiger partial charge in [0.25, 0.3) is 0 Å². The van der Waals surface area contributed by atoms with Gasteiger partial charge in [0.05, 0.1) is 33.8 Å². The first-order chi connectivity index (χ1) is 27.7. The fourth-order valence-corrected chi connectivity index (χ4v) is 9.26. The average molecular weight is 735 g/mol. The van der Waals surface area contributed by atoms with Crippen LogP contribution in [0.4, 0.5) is 0 Å². The number of fused-ring (bicyclic) bond motifs is 20. The molecule has 2 aliphatic rings. The molecule has 4 nitrogen and oxygen atoms in total. The highest BCUT2D eigenvalue weighted by atomic mass is 14.8. The number of aromatic amines is 2. The number of aryl methyl sites for hydroxylation is 2. The average Bonchev–Trinajstić information content (AvgIpc) is 3.99. The van der Waals surface area contributed by atoms with E-state index >= 15 is 0 Å². The lowest BCUT2D eigenvalue weighted by Gasteiger charge is -2.07. The Bertz CT molecular complexity index is 2510. The molecule has 4 heteroatoms. The minimum absolute atomic E-state index is 0.963. The summed E-state index contributed by atoms with van der Waals surface area (Å²) in [7, 11) is 0. The second-order valence-corrected chi connectivity index (χ2v) is 16.0. The molecule has 0 spiro atoms. The topological polar surface area (TPSA) is 57.4 Å². The number of H-pyrrole nitrogens is 2.